The summed E-state index contributed by atoms with van der Waals surface area (Å²) >= 11 is 6.95. The van der Waals surface area contributed by atoms with E-state index in [0.29, 0.717) is 5.69 Å². The summed E-state index contributed by atoms with van der Waals surface area (Å²) < 4.78 is 4.30. The highest BCUT2D eigenvalue weighted by atomic mass is 35.5. The van der Waals surface area contributed by atoms with Gasteiger partial charge in [-0.3, -0.25) is 4.39 Å². The summed E-state index contributed by atoms with van der Waals surface area (Å²) in [6.45, 7) is 0. The van der Waals surface area contributed by atoms with Gasteiger partial charge in [0, 0.05) is 15.8 Å². The second-order valence-corrected chi connectivity index (χ2v) is 7.72. The Morgan fingerprint density at radius 1 is 0.862 bits per heavy atom. The van der Waals surface area contributed by atoms with Crippen LogP contribution in [-0.2, 0) is 4.39 Å². The number of oxime groups is 1. The lowest BCUT2D eigenvalue weighted by molar-refractivity contribution is 0.383. The SMILES string of the molecule is ClO/N=C/c1ccc2cc(-c3cccs3)cc(-c3cccc4ccccc34)c2n1. The van der Waals surface area contributed by atoms with E-state index in [0.717, 1.165) is 22.0 Å². The van der Waals surface area contributed by atoms with Crippen molar-refractivity contribution in [3.8, 4) is 21.6 Å². The molecule has 3 nitrogen and oxygen atoms in total. The minimum Gasteiger partial charge on any atom is -0.277 e. The van der Waals surface area contributed by atoms with Crippen molar-refractivity contribution >= 4 is 51.1 Å². The molecule has 3 aromatic carbocycles. The molecule has 0 fully saturated rings. The van der Waals surface area contributed by atoms with E-state index in [1.165, 1.54) is 27.4 Å². The van der Waals surface area contributed by atoms with Crippen molar-refractivity contribution in [2.75, 3.05) is 0 Å². The lowest BCUT2D eigenvalue weighted by atomic mass is 9.94. The van der Waals surface area contributed by atoms with Gasteiger partial charge in [0.1, 0.15) is 0 Å². The van der Waals surface area contributed by atoms with Crippen molar-refractivity contribution < 1.29 is 4.39 Å². The maximum absolute atomic E-state index is 5.22. The summed E-state index contributed by atoms with van der Waals surface area (Å²) in [5, 5.41) is 9.21. The maximum Gasteiger partial charge on any atom is 0.167 e. The van der Waals surface area contributed by atoms with Crippen LogP contribution in [0, 0.1) is 0 Å². The number of pyridine rings is 1. The summed E-state index contributed by atoms with van der Waals surface area (Å²) in [6, 6.07) is 27.4. The minimum absolute atomic E-state index is 0.684. The standard InChI is InChI=1S/C24H15ClN2OS/c25-28-26-15-19-11-10-17-13-18(23-9-4-12-29-23)14-22(24(17)27-19)21-8-3-6-16-5-1-2-7-20(16)21/h1-15H/b26-15+. The van der Waals surface area contributed by atoms with E-state index < -0.39 is 0 Å². The molecule has 29 heavy (non-hydrogen) atoms. The van der Waals surface area contributed by atoms with Gasteiger partial charge in [-0.2, -0.15) is 0 Å². The first-order valence-electron chi connectivity index (χ1n) is 9.11. The number of fused-ring (bicyclic) bond motifs is 2. The molecule has 0 N–H and O–H groups in total. The number of nitrogens with zero attached hydrogens (tertiary/aromatic N) is 2. The largest absolute Gasteiger partial charge is 0.277 e. The Kier molecular flexibility index (Phi) is 4.72. The van der Waals surface area contributed by atoms with E-state index in [1.807, 2.05) is 6.07 Å². The number of hydrogen-bond donors (Lipinski definition) is 0. The number of rotatable bonds is 4. The third-order valence-electron chi connectivity index (χ3n) is 4.92. The molecule has 0 atom stereocenters. The predicted molar refractivity (Wildman–Crippen MR) is 123 cm³/mol. The molecule has 2 aromatic heterocycles. The first kappa shape index (κ1) is 17.9. The van der Waals surface area contributed by atoms with Gasteiger partial charge in [-0.1, -0.05) is 59.8 Å². The second-order valence-electron chi connectivity index (χ2n) is 6.64. The molecule has 5 rings (SSSR count). The van der Waals surface area contributed by atoms with Gasteiger partial charge in [0.15, 0.2) is 11.9 Å². The van der Waals surface area contributed by atoms with Crippen LogP contribution in [0.2, 0.25) is 0 Å². The Morgan fingerprint density at radius 2 is 1.76 bits per heavy atom. The lowest BCUT2D eigenvalue weighted by Crippen LogP contribution is -1.93. The first-order valence-corrected chi connectivity index (χ1v) is 10.3. The monoisotopic (exact) mass is 414 g/mol. The fraction of sp³-hybridized carbons (Fsp3) is 0. The van der Waals surface area contributed by atoms with Crippen LogP contribution < -0.4 is 0 Å². The first-order chi connectivity index (χ1) is 14.3. The molecule has 0 radical (unpaired) electrons. The third kappa shape index (κ3) is 3.37. The Hall–Kier alpha value is -3.21. The molecule has 0 amide bonds. The fourth-order valence-corrected chi connectivity index (χ4v) is 4.40. The minimum atomic E-state index is 0.684. The molecule has 0 unspecified atom stereocenters. The average Bonchev–Trinajstić information content (AvgIpc) is 3.31. The van der Waals surface area contributed by atoms with Crippen LogP contribution in [0.25, 0.3) is 43.2 Å². The highest BCUT2D eigenvalue weighted by Crippen LogP contribution is 2.37. The van der Waals surface area contributed by atoms with Crippen molar-refractivity contribution in [3.05, 3.63) is 89.9 Å². The van der Waals surface area contributed by atoms with Crippen molar-refractivity contribution in [1.29, 1.82) is 0 Å². The molecule has 140 valence electrons. The fourth-order valence-electron chi connectivity index (χ4n) is 3.65. The van der Waals surface area contributed by atoms with Gasteiger partial charge in [-0.25, -0.2) is 4.98 Å². The molecule has 0 saturated heterocycles. The summed E-state index contributed by atoms with van der Waals surface area (Å²) in [6.07, 6.45) is 1.51. The van der Waals surface area contributed by atoms with Gasteiger partial charge >= 0.3 is 0 Å². The normalized spacial score (nSPS) is 11.5. The summed E-state index contributed by atoms with van der Waals surface area (Å²) in [4.78, 5) is 6.06. The quantitative estimate of drug-likeness (QED) is 0.228. The van der Waals surface area contributed by atoms with E-state index in [4.69, 9.17) is 16.9 Å². The van der Waals surface area contributed by atoms with E-state index in [1.54, 1.807) is 11.3 Å². The van der Waals surface area contributed by atoms with Crippen molar-refractivity contribution in [3.63, 3.8) is 0 Å². The van der Waals surface area contributed by atoms with Gasteiger partial charge in [0.25, 0.3) is 0 Å². The molecule has 0 saturated carbocycles. The molecule has 5 heteroatoms. The number of thiophene rings is 1. The summed E-state index contributed by atoms with van der Waals surface area (Å²) in [7, 11) is 0. The van der Waals surface area contributed by atoms with Gasteiger partial charge in [0.2, 0.25) is 0 Å². The summed E-state index contributed by atoms with van der Waals surface area (Å²) in [5.74, 6) is 0. The molecule has 5 aromatic rings. The smallest absolute Gasteiger partial charge is 0.167 e. The van der Waals surface area contributed by atoms with E-state index in [9.17, 15) is 0 Å². The number of aromatic nitrogens is 1. The summed E-state index contributed by atoms with van der Waals surface area (Å²) in [5.41, 5.74) is 5.03. The molecule has 0 bridgehead atoms. The Morgan fingerprint density at radius 3 is 2.62 bits per heavy atom. The second kappa shape index (κ2) is 7.66. The number of hydrogen-bond acceptors (Lipinski definition) is 4. The van der Waals surface area contributed by atoms with Gasteiger partial charge in [-0.15, -0.1) is 11.3 Å². The van der Waals surface area contributed by atoms with Crippen LogP contribution in [0.4, 0.5) is 0 Å². The zero-order valence-corrected chi connectivity index (χ0v) is 16.8. The van der Waals surface area contributed by atoms with Crippen LogP contribution in [0.5, 0.6) is 0 Å². The average molecular weight is 415 g/mol. The van der Waals surface area contributed by atoms with Crippen LogP contribution in [0.1, 0.15) is 5.69 Å². The maximum atomic E-state index is 5.22. The Balaban J connectivity index is 1.84. The van der Waals surface area contributed by atoms with Crippen LogP contribution in [0.15, 0.2) is 89.4 Å². The number of halogens is 1. The number of benzene rings is 3. The molecule has 0 aliphatic heterocycles. The molecule has 2 heterocycles. The topological polar surface area (TPSA) is 34.5 Å². The molecular formula is C24H15ClN2OS. The Labute approximate surface area is 177 Å². The van der Waals surface area contributed by atoms with Gasteiger partial charge in [-0.05, 0) is 51.5 Å². The van der Waals surface area contributed by atoms with Crippen LogP contribution >= 0.6 is 23.2 Å². The molecule has 0 aliphatic carbocycles. The van der Waals surface area contributed by atoms with Crippen LogP contribution in [-0.4, -0.2) is 11.2 Å². The predicted octanol–water partition coefficient (Wildman–Crippen LogP) is 7.29. The highest BCUT2D eigenvalue weighted by Gasteiger charge is 2.13. The van der Waals surface area contributed by atoms with E-state index in [-0.39, 0.29) is 0 Å². The highest BCUT2D eigenvalue weighted by molar-refractivity contribution is 7.13. The van der Waals surface area contributed by atoms with Crippen LogP contribution in [0.3, 0.4) is 0 Å². The van der Waals surface area contributed by atoms with Gasteiger partial charge in [0.05, 0.1) is 17.4 Å². The third-order valence-corrected chi connectivity index (χ3v) is 5.92. The molecular weight excluding hydrogens is 400 g/mol. The van der Waals surface area contributed by atoms with E-state index >= 15 is 0 Å². The van der Waals surface area contributed by atoms with Crippen molar-refractivity contribution in [1.82, 2.24) is 4.98 Å². The van der Waals surface area contributed by atoms with E-state index in [2.05, 4.69) is 87.7 Å². The van der Waals surface area contributed by atoms with Crippen molar-refractivity contribution in [2.45, 2.75) is 0 Å². The molecule has 0 aliphatic rings. The zero-order chi connectivity index (χ0) is 19.6. The van der Waals surface area contributed by atoms with Gasteiger partial charge < -0.3 is 0 Å². The van der Waals surface area contributed by atoms with Crippen molar-refractivity contribution in [2.24, 2.45) is 5.16 Å². The zero-order valence-electron chi connectivity index (χ0n) is 15.2. The molecule has 0 spiro atoms. The lowest BCUT2D eigenvalue weighted by Gasteiger charge is -2.12. The Bertz CT molecular complexity index is 1340.